The van der Waals surface area contributed by atoms with Crippen molar-refractivity contribution >= 4 is 17.6 Å². The topological polar surface area (TPSA) is 78.8 Å². The monoisotopic (exact) mass is 411 g/mol. The molecule has 0 saturated heterocycles. The molecule has 0 amide bonds. The fraction of sp³-hybridized carbons (Fsp3) is 0.174. The van der Waals surface area contributed by atoms with Gasteiger partial charge in [0.15, 0.2) is 0 Å². The Labute approximate surface area is 174 Å². The number of carboxylic acids is 1. The molecule has 29 heavy (non-hydrogen) atoms. The molecule has 3 aromatic carbocycles. The molecule has 0 aromatic heterocycles. The van der Waals surface area contributed by atoms with Crippen molar-refractivity contribution in [3.8, 4) is 11.5 Å². The number of rotatable bonds is 9. The Bertz CT molecular complexity index is 959. The minimum atomic E-state index is -0.966. The van der Waals surface area contributed by atoms with Gasteiger partial charge in [0.05, 0.1) is 11.7 Å². The quantitative estimate of drug-likeness (QED) is 0.445. The van der Waals surface area contributed by atoms with E-state index in [1.807, 2.05) is 36.4 Å². The van der Waals surface area contributed by atoms with Crippen LogP contribution in [-0.4, -0.2) is 29.3 Å². The molecule has 0 fully saturated rings. The van der Waals surface area contributed by atoms with Crippen molar-refractivity contribution in [1.29, 1.82) is 0 Å². The third kappa shape index (κ3) is 6.32. The van der Waals surface area contributed by atoms with E-state index in [2.05, 4.69) is 5.32 Å². The zero-order chi connectivity index (χ0) is 20.6. The summed E-state index contributed by atoms with van der Waals surface area (Å²) >= 11 is 5.96. The van der Waals surface area contributed by atoms with Crippen LogP contribution < -0.4 is 10.1 Å². The number of carbonyl (C=O) groups is 1. The maximum atomic E-state index is 10.9. The lowest BCUT2D eigenvalue weighted by Gasteiger charge is -2.13. The lowest BCUT2D eigenvalue weighted by atomic mass is 10.1. The Balaban J connectivity index is 1.49. The van der Waals surface area contributed by atoms with Crippen molar-refractivity contribution in [2.75, 3.05) is 13.1 Å². The van der Waals surface area contributed by atoms with Gasteiger partial charge in [-0.25, -0.2) is 4.79 Å². The fourth-order valence-electron chi connectivity index (χ4n) is 2.87. The van der Waals surface area contributed by atoms with Crippen LogP contribution in [0.15, 0.2) is 72.8 Å². The fourth-order valence-corrected chi connectivity index (χ4v) is 3.07. The Morgan fingerprint density at radius 2 is 1.76 bits per heavy atom. The summed E-state index contributed by atoms with van der Waals surface area (Å²) in [6.07, 6.45) is 0.161. The van der Waals surface area contributed by atoms with Crippen molar-refractivity contribution in [3.63, 3.8) is 0 Å². The molecule has 0 radical (unpaired) electrons. The second-order valence-electron chi connectivity index (χ2n) is 6.60. The lowest BCUT2D eigenvalue weighted by molar-refractivity contribution is 0.0697. The summed E-state index contributed by atoms with van der Waals surface area (Å²) in [5, 5.41) is 23.0. The minimum absolute atomic E-state index is 0.220. The van der Waals surface area contributed by atoms with Crippen LogP contribution in [0, 0.1) is 0 Å². The number of benzene rings is 3. The molecule has 0 aliphatic carbocycles. The number of hydrogen-bond acceptors (Lipinski definition) is 4. The number of halogens is 1. The highest BCUT2D eigenvalue weighted by Gasteiger charge is 2.07. The van der Waals surface area contributed by atoms with E-state index in [1.165, 1.54) is 12.1 Å². The average molecular weight is 412 g/mol. The highest BCUT2D eigenvalue weighted by atomic mass is 35.5. The lowest BCUT2D eigenvalue weighted by Crippen LogP contribution is -2.23. The van der Waals surface area contributed by atoms with Crippen LogP contribution in [0.3, 0.4) is 0 Å². The molecule has 3 aromatic rings. The van der Waals surface area contributed by atoms with Gasteiger partial charge >= 0.3 is 5.97 Å². The Kier molecular flexibility index (Phi) is 7.25. The van der Waals surface area contributed by atoms with Gasteiger partial charge in [-0.2, -0.15) is 0 Å². The summed E-state index contributed by atoms with van der Waals surface area (Å²) in [5.41, 5.74) is 2.10. The number of carboxylic acid groups (broad SMARTS) is 1. The first kappa shape index (κ1) is 20.9. The first-order chi connectivity index (χ1) is 14.0. The SMILES string of the molecule is O=C(O)c1ccc(Oc2cccc(CCNC[C@H](O)c3cccc(Cl)c3)c2)cc1. The molecule has 0 heterocycles. The van der Waals surface area contributed by atoms with E-state index in [9.17, 15) is 9.90 Å². The largest absolute Gasteiger partial charge is 0.478 e. The summed E-state index contributed by atoms with van der Waals surface area (Å²) in [6.45, 7) is 1.14. The minimum Gasteiger partial charge on any atom is -0.478 e. The smallest absolute Gasteiger partial charge is 0.335 e. The Hall–Kier alpha value is -2.86. The number of aliphatic hydroxyl groups excluding tert-OH is 1. The molecule has 0 spiro atoms. The van der Waals surface area contributed by atoms with Gasteiger partial charge in [-0.3, -0.25) is 0 Å². The van der Waals surface area contributed by atoms with Crippen molar-refractivity contribution in [2.45, 2.75) is 12.5 Å². The number of aliphatic hydroxyl groups is 1. The molecule has 0 aliphatic rings. The van der Waals surface area contributed by atoms with E-state index < -0.39 is 12.1 Å². The van der Waals surface area contributed by atoms with E-state index in [0.717, 1.165) is 17.5 Å². The Morgan fingerprint density at radius 1 is 1.00 bits per heavy atom. The van der Waals surface area contributed by atoms with Crippen LogP contribution in [0.4, 0.5) is 0 Å². The second-order valence-corrected chi connectivity index (χ2v) is 7.04. The predicted octanol–water partition coefficient (Wildman–Crippen LogP) is 4.70. The molecular formula is C23H22ClNO4. The van der Waals surface area contributed by atoms with Crippen LogP contribution in [0.2, 0.25) is 5.02 Å². The van der Waals surface area contributed by atoms with Crippen molar-refractivity contribution < 1.29 is 19.7 Å². The van der Waals surface area contributed by atoms with Crippen LogP contribution in [-0.2, 0) is 6.42 Å². The molecule has 3 N–H and O–H groups in total. The summed E-state index contributed by atoms with van der Waals surface area (Å²) in [7, 11) is 0. The summed E-state index contributed by atoms with van der Waals surface area (Å²) < 4.78 is 5.80. The zero-order valence-corrected chi connectivity index (χ0v) is 16.5. The van der Waals surface area contributed by atoms with E-state index >= 15 is 0 Å². The highest BCUT2D eigenvalue weighted by Crippen LogP contribution is 2.23. The van der Waals surface area contributed by atoms with Crippen molar-refractivity contribution in [2.24, 2.45) is 0 Å². The average Bonchev–Trinajstić information content (AvgIpc) is 2.72. The third-order valence-electron chi connectivity index (χ3n) is 4.40. The summed E-state index contributed by atoms with van der Waals surface area (Å²) in [4.78, 5) is 10.9. The van der Waals surface area contributed by atoms with Gasteiger partial charge in [-0.1, -0.05) is 35.9 Å². The number of hydrogen-bond donors (Lipinski definition) is 3. The molecule has 3 rings (SSSR count). The number of nitrogens with one attached hydrogen (secondary N) is 1. The van der Waals surface area contributed by atoms with Gasteiger partial charge in [0.25, 0.3) is 0 Å². The predicted molar refractivity (Wildman–Crippen MR) is 113 cm³/mol. The van der Waals surface area contributed by atoms with E-state index in [0.29, 0.717) is 29.6 Å². The molecule has 6 heteroatoms. The Morgan fingerprint density at radius 3 is 2.48 bits per heavy atom. The van der Waals surface area contributed by atoms with Gasteiger partial charge in [-0.05, 0) is 72.6 Å². The zero-order valence-electron chi connectivity index (χ0n) is 15.7. The van der Waals surface area contributed by atoms with E-state index in [-0.39, 0.29) is 5.56 Å². The standard InChI is InChI=1S/C23H22ClNO4/c24-19-5-2-4-18(14-19)22(26)15-25-12-11-16-3-1-6-21(13-16)29-20-9-7-17(8-10-20)23(27)28/h1-10,13-14,22,25-26H,11-12,15H2,(H,27,28)/t22-/m0/s1. The molecule has 5 nitrogen and oxygen atoms in total. The van der Waals surface area contributed by atoms with Gasteiger partial charge in [0.2, 0.25) is 0 Å². The summed E-state index contributed by atoms with van der Waals surface area (Å²) in [5.74, 6) is 0.297. The molecule has 1 atom stereocenters. The second kappa shape index (κ2) is 10.1. The van der Waals surface area contributed by atoms with Gasteiger partial charge in [0.1, 0.15) is 11.5 Å². The van der Waals surface area contributed by atoms with Gasteiger partial charge in [-0.15, -0.1) is 0 Å². The molecule has 0 bridgehead atoms. The third-order valence-corrected chi connectivity index (χ3v) is 4.63. The molecule has 0 unspecified atom stereocenters. The van der Waals surface area contributed by atoms with E-state index in [1.54, 1.807) is 24.3 Å². The normalized spacial score (nSPS) is 11.8. The van der Waals surface area contributed by atoms with Crippen molar-refractivity contribution in [1.82, 2.24) is 5.32 Å². The maximum Gasteiger partial charge on any atom is 0.335 e. The summed E-state index contributed by atoms with van der Waals surface area (Å²) in [6, 6.07) is 21.2. The molecule has 150 valence electrons. The highest BCUT2D eigenvalue weighted by molar-refractivity contribution is 6.30. The molecule has 0 saturated carbocycles. The molecular weight excluding hydrogens is 390 g/mol. The van der Waals surface area contributed by atoms with E-state index in [4.69, 9.17) is 21.4 Å². The van der Waals surface area contributed by atoms with Gasteiger partial charge < -0.3 is 20.3 Å². The van der Waals surface area contributed by atoms with Gasteiger partial charge in [0, 0.05) is 11.6 Å². The van der Waals surface area contributed by atoms with Crippen LogP contribution in [0.5, 0.6) is 11.5 Å². The number of aromatic carboxylic acids is 1. The number of ether oxygens (including phenoxy) is 1. The maximum absolute atomic E-state index is 10.9. The van der Waals surface area contributed by atoms with Crippen LogP contribution in [0.25, 0.3) is 0 Å². The van der Waals surface area contributed by atoms with Crippen molar-refractivity contribution in [3.05, 3.63) is 94.5 Å². The first-order valence-electron chi connectivity index (χ1n) is 9.25. The van der Waals surface area contributed by atoms with Crippen LogP contribution in [0.1, 0.15) is 27.6 Å². The molecule has 0 aliphatic heterocycles. The van der Waals surface area contributed by atoms with Crippen LogP contribution >= 0.6 is 11.6 Å². The first-order valence-corrected chi connectivity index (χ1v) is 9.63.